The van der Waals surface area contributed by atoms with Crippen LogP contribution in [0.1, 0.15) is 17.3 Å². The van der Waals surface area contributed by atoms with Crippen LogP contribution in [0.5, 0.6) is 0 Å². The second-order valence-corrected chi connectivity index (χ2v) is 8.14. The van der Waals surface area contributed by atoms with Gasteiger partial charge in [0.05, 0.1) is 16.7 Å². The standard InChI is InChI=1S/C20H16Cl2N4O2S/c1-12-24-25-18(28-12)11-29-20-23-17-5-3-2-4-15(17)19(27)26(20)9-8-13-6-7-14(21)10-16(13)22/h2-7,10H,8-9,11H2,1H3. The smallest absolute Gasteiger partial charge is 0.262 e. The van der Waals surface area contributed by atoms with Gasteiger partial charge in [-0.2, -0.15) is 0 Å². The summed E-state index contributed by atoms with van der Waals surface area (Å²) in [4.78, 5) is 17.8. The monoisotopic (exact) mass is 446 g/mol. The summed E-state index contributed by atoms with van der Waals surface area (Å²) in [6.45, 7) is 2.17. The molecule has 148 valence electrons. The Morgan fingerprint density at radius 2 is 1.97 bits per heavy atom. The Hall–Kier alpha value is -2.35. The molecular weight excluding hydrogens is 431 g/mol. The molecule has 0 unspecified atom stereocenters. The minimum atomic E-state index is -0.0927. The van der Waals surface area contributed by atoms with Gasteiger partial charge in [-0.1, -0.05) is 53.2 Å². The highest BCUT2D eigenvalue weighted by atomic mass is 35.5. The summed E-state index contributed by atoms with van der Waals surface area (Å²) in [5.74, 6) is 1.41. The van der Waals surface area contributed by atoms with Crippen LogP contribution < -0.4 is 5.56 Å². The average molecular weight is 447 g/mol. The lowest BCUT2D eigenvalue weighted by Crippen LogP contribution is -2.24. The molecule has 29 heavy (non-hydrogen) atoms. The second-order valence-electron chi connectivity index (χ2n) is 6.36. The minimum Gasteiger partial charge on any atom is -0.425 e. The zero-order valence-electron chi connectivity index (χ0n) is 15.4. The van der Waals surface area contributed by atoms with Gasteiger partial charge in [-0.3, -0.25) is 9.36 Å². The van der Waals surface area contributed by atoms with Gasteiger partial charge < -0.3 is 4.42 Å². The Morgan fingerprint density at radius 1 is 1.14 bits per heavy atom. The van der Waals surface area contributed by atoms with Crippen LogP contribution in [0.3, 0.4) is 0 Å². The number of halogens is 2. The quantitative estimate of drug-likeness (QED) is 0.308. The van der Waals surface area contributed by atoms with Crippen LogP contribution in [0.25, 0.3) is 10.9 Å². The van der Waals surface area contributed by atoms with E-state index in [-0.39, 0.29) is 5.56 Å². The molecule has 0 radical (unpaired) electrons. The van der Waals surface area contributed by atoms with Crippen LogP contribution in [0.15, 0.2) is 56.8 Å². The normalized spacial score (nSPS) is 11.3. The van der Waals surface area contributed by atoms with Crippen LogP contribution in [0.2, 0.25) is 10.0 Å². The summed E-state index contributed by atoms with van der Waals surface area (Å²) in [5.41, 5.74) is 1.48. The molecular formula is C20H16Cl2N4O2S. The molecule has 2 aromatic heterocycles. The first-order valence-electron chi connectivity index (χ1n) is 8.86. The molecule has 0 saturated carbocycles. The molecule has 0 spiro atoms. The largest absolute Gasteiger partial charge is 0.425 e. The summed E-state index contributed by atoms with van der Waals surface area (Å²) in [5, 5.41) is 10.2. The third-order valence-corrected chi connectivity index (χ3v) is 5.89. The van der Waals surface area contributed by atoms with E-state index in [0.717, 1.165) is 5.56 Å². The molecule has 2 aromatic carbocycles. The highest BCUT2D eigenvalue weighted by molar-refractivity contribution is 7.98. The zero-order chi connectivity index (χ0) is 20.4. The van der Waals surface area contributed by atoms with Crippen molar-refractivity contribution in [3.05, 3.63) is 80.2 Å². The first-order chi connectivity index (χ1) is 14.0. The van der Waals surface area contributed by atoms with Crippen molar-refractivity contribution >= 4 is 45.9 Å². The van der Waals surface area contributed by atoms with E-state index in [2.05, 4.69) is 15.2 Å². The number of rotatable bonds is 6. The lowest BCUT2D eigenvalue weighted by Gasteiger charge is -2.13. The average Bonchev–Trinajstić information content (AvgIpc) is 3.12. The van der Waals surface area contributed by atoms with E-state index in [4.69, 9.17) is 27.6 Å². The van der Waals surface area contributed by atoms with Gasteiger partial charge in [-0.05, 0) is 36.2 Å². The van der Waals surface area contributed by atoms with Crippen molar-refractivity contribution in [2.24, 2.45) is 0 Å². The van der Waals surface area contributed by atoms with E-state index in [1.807, 2.05) is 24.3 Å². The maximum absolute atomic E-state index is 13.1. The molecule has 4 rings (SSSR count). The lowest BCUT2D eigenvalue weighted by atomic mass is 10.1. The summed E-state index contributed by atoms with van der Waals surface area (Å²) in [7, 11) is 0. The SMILES string of the molecule is Cc1nnc(CSc2nc3ccccc3c(=O)n2CCc2ccc(Cl)cc2Cl)o1. The molecule has 9 heteroatoms. The van der Waals surface area contributed by atoms with Crippen molar-refractivity contribution in [1.29, 1.82) is 0 Å². The number of hydrogen-bond donors (Lipinski definition) is 0. The first-order valence-corrected chi connectivity index (χ1v) is 10.6. The Morgan fingerprint density at radius 3 is 2.72 bits per heavy atom. The van der Waals surface area contributed by atoms with Crippen molar-refractivity contribution < 1.29 is 4.42 Å². The van der Waals surface area contributed by atoms with Crippen LogP contribution in [-0.2, 0) is 18.7 Å². The number of aromatic nitrogens is 4. The summed E-state index contributed by atoms with van der Waals surface area (Å²) in [6.07, 6.45) is 0.573. The Balaban J connectivity index is 1.67. The molecule has 0 N–H and O–H groups in total. The van der Waals surface area contributed by atoms with Crippen LogP contribution >= 0.6 is 35.0 Å². The summed E-state index contributed by atoms with van der Waals surface area (Å²) >= 11 is 13.7. The topological polar surface area (TPSA) is 73.8 Å². The molecule has 0 amide bonds. The van der Waals surface area contributed by atoms with Crippen LogP contribution in [-0.4, -0.2) is 19.7 Å². The number of benzene rings is 2. The Bertz CT molecular complexity index is 1240. The van der Waals surface area contributed by atoms with Crippen molar-refractivity contribution in [3.8, 4) is 0 Å². The van der Waals surface area contributed by atoms with Gasteiger partial charge in [-0.15, -0.1) is 10.2 Å². The predicted molar refractivity (Wildman–Crippen MR) is 115 cm³/mol. The summed E-state index contributed by atoms with van der Waals surface area (Å²) in [6, 6.07) is 12.7. The number of para-hydroxylation sites is 1. The van der Waals surface area contributed by atoms with E-state index in [1.165, 1.54) is 11.8 Å². The number of nitrogens with zero attached hydrogens (tertiary/aromatic N) is 4. The van der Waals surface area contributed by atoms with E-state index >= 15 is 0 Å². The van der Waals surface area contributed by atoms with E-state index < -0.39 is 0 Å². The molecule has 0 bridgehead atoms. The Labute approximate surface area is 180 Å². The van der Waals surface area contributed by atoms with E-state index in [0.29, 0.717) is 56.6 Å². The molecule has 0 aliphatic rings. The van der Waals surface area contributed by atoms with Crippen LogP contribution in [0, 0.1) is 6.92 Å². The third kappa shape index (κ3) is 4.47. The van der Waals surface area contributed by atoms with Gasteiger partial charge in [-0.25, -0.2) is 4.98 Å². The van der Waals surface area contributed by atoms with Gasteiger partial charge in [0, 0.05) is 23.5 Å². The number of aryl methyl sites for hydroxylation is 2. The van der Waals surface area contributed by atoms with E-state index in [1.54, 1.807) is 29.7 Å². The van der Waals surface area contributed by atoms with Gasteiger partial charge in [0.1, 0.15) is 0 Å². The fraction of sp³-hybridized carbons (Fsp3) is 0.200. The van der Waals surface area contributed by atoms with Crippen molar-refractivity contribution in [1.82, 2.24) is 19.7 Å². The van der Waals surface area contributed by atoms with Crippen molar-refractivity contribution in [2.75, 3.05) is 0 Å². The highest BCUT2D eigenvalue weighted by Gasteiger charge is 2.14. The first kappa shape index (κ1) is 19.9. The number of hydrogen-bond acceptors (Lipinski definition) is 6. The molecule has 4 aromatic rings. The zero-order valence-corrected chi connectivity index (χ0v) is 17.8. The number of thioether (sulfide) groups is 1. The highest BCUT2D eigenvalue weighted by Crippen LogP contribution is 2.24. The molecule has 2 heterocycles. The predicted octanol–water partition coefficient (Wildman–Crippen LogP) is 4.93. The van der Waals surface area contributed by atoms with Gasteiger partial charge >= 0.3 is 0 Å². The number of fused-ring (bicyclic) bond motifs is 1. The van der Waals surface area contributed by atoms with Gasteiger partial charge in [0.2, 0.25) is 11.8 Å². The fourth-order valence-corrected chi connectivity index (χ4v) is 4.30. The fourth-order valence-electron chi connectivity index (χ4n) is 2.93. The second kappa shape index (κ2) is 8.57. The van der Waals surface area contributed by atoms with Crippen molar-refractivity contribution in [3.63, 3.8) is 0 Å². The lowest BCUT2D eigenvalue weighted by molar-refractivity contribution is 0.485. The van der Waals surface area contributed by atoms with Crippen molar-refractivity contribution in [2.45, 2.75) is 30.8 Å². The maximum atomic E-state index is 13.1. The molecule has 0 aliphatic carbocycles. The summed E-state index contributed by atoms with van der Waals surface area (Å²) < 4.78 is 7.10. The molecule has 0 atom stereocenters. The van der Waals surface area contributed by atoms with Gasteiger partial charge in [0.25, 0.3) is 5.56 Å². The van der Waals surface area contributed by atoms with Crippen LogP contribution in [0.4, 0.5) is 0 Å². The molecule has 0 saturated heterocycles. The third-order valence-electron chi connectivity index (χ3n) is 4.34. The molecule has 6 nitrogen and oxygen atoms in total. The van der Waals surface area contributed by atoms with E-state index in [9.17, 15) is 4.79 Å². The Kier molecular flexibility index (Phi) is 5.89. The maximum Gasteiger partial charge on any atom is 0.262 e. The molecule has 0 fully saturated rings. The molecule has 0 aliphatic heterocycles. The minimum absolute atomic E-state index is 0.0927. The van der Waals surface area contributed by atoms with Gasteiger partial charge in [0.15, 0.2) is 5.16 Å².